The monoisotopic (exact) mass is 197 g/mol. The number of fused-ring (bicyclic) bond motifs is 1. The van der Waals surface area contributed by atoms with Gasteiger partial charge in [-0.2, -0.15) is 0 Å². The fourth-order valence-corrected chi connectivity index (χ4v) is 2.51. The maximum absolute atomic E-state index is 11.2. The summed E-state index contributed by atoms with van der Waals surface area (Å²) in [5, 5.41) is 2.90. The van der Waals surface area contributed by atoms with Crippen LogP contribution >= 0.6 is 0 Å². The van der Waals surface area contributed by atoms with Crippen molar-refractivity contribution in [3.05, 3.63) is 0 Å². The van der Waals surface area contributed by atoms with Crippen molar-refractivity contribution >= 4 is 11.9 Å². The predicted molar refractivity (Wildman–Crippen MR) is 49.4 cm³/mol. The third-order valence-corrected chi connectivity index (χ3v) is 3.06. The maximum atomic E-state index is 11.2. The van der Waals surface area contributed by atoms with Gasteiger partial charge in [-0.3, -0.25) is 9.59 Å². The second-order valence-corrected chi connectivity index (χ2v) is 4.14. The van der Waals surface area contributed by atoms with Crippen LogP contribution in [0.2, 0.25) is 0 Å². The van der Waals surface area contributed by atoms with Crippen LogP contribution in [0.15, 0.2) is 0 Å². The van der Waals surface area contributed by atoms with Gasteiger partial charge in [0.1, 0.15) is 6.10 Å². The summed E-state index contributed by atoms with van der Waals surface area (Å²) in [7, 11) is 0. The van der Waals surface area contributed by atoms with Crippen LogP contribution in [0, 0.1) is 5.92 Å². The van der Waals surface area contributed by atoms with E-state index in [1.54, 1.807) is 0 Å². The molecule has 0 aromatic rings. The molecule has 0 radical (unpaired) electrons. The van der Waals surface area contributed by atoms with E-state index in [-0.39, 0.29) is 24.0 Å². The maximum Gasteiger partial charge on any atom is 0.302 e. The molecule has 1 amide bonds. The number of ether oxygens (including phenoxy) is 1. The number of esters is 1. The summed E-state index contributed by atoms with van der Waals surface area (Å²) in [5.41, 5.74) is 0. The minimum absolute atomic E-state index is 0.0696. The second-order valence-electron chi connectivity index (χ2n) is 4.14. The van der Waals surface area contributed by atoms with Crippen molar-refractivity contribution in [2.45, 2.75) is 44.8 Å². The molecule has 1 N–H and O–H groups in total. The van der Waals surface area contributed by atoms with Gasteiger partial charge in [0.2, 0.25) is 5.91 Å². The summed E-state index contributed by atoms with van der Waals surface area (Å²) in [5.74, 6) is 0.219. The molecule has 0 aromatic carbocycles. The zero-order valence-corrected chi connectivity index (χ0v) is 8.29. The zero-order chi connectivity index (χ0) is 10.1. The average Bonchev–Trinajstić information content (AvgIpc) is 2.45. The second kappa shape index (κ2) is 3.59. The van der Waals surface area contributed by atoms with Gasteiger partial charge in [0.05, 0.1) is 6.04 Å². The molecule has 0 spiro atoms. The number of nitrogens with one attached hydrogen (secondary N) is 1. The van der Waals surface area contributed by atoms with E-state index < -0.39 is 0 Å². The number of hydrogen-bond acceptors (Lipinski definition) is 3. The van der Waals surface area contributed by atoms with Crippen LogP contribution in [0.3, 0.4) is 0 Å². The highest BCUT2D eigenvalue weighted by atomic mass is 16.5. The summed E-state index contributed by atoms with van der Waals surface area (Å²) in [6.45, 7) is 1.42. The van der Waals surface area contributed by atoms with Crippen molar-refractivity contribution in [1.82, 2.24) is 5.32 Å². The summed E-state index contributed by atoms with van der Waals surface area (Å²) in [4.78, 5) is 22.0. The van der Waals surface area contributed by atoms with Crippen LogP contribution in [0.4, 0.5) is 0 Å². The Balaban J connectivity index is 2.03. The Morgan fingerprint density at radius 1 is 1.50 bits per heavy atom. The molecule has 1 heterocycles. The van der Waals surface area contributed by atoms with Gasteiger partial charge in [-0.25, -0.2) is 0 Å². The fourth-order valence-electron chi connectivity index (χ4n) is 2.51. The van der Waals surface area contributed by atoms with E-state index in [1.807, 2.05) is 0 Å². The van der Waals surface area contributed by atoms with Crippen LogP contribution in [0.5, 0.6) is 0 Å². The molecule has 2 rings (SSSR count). The van der Waals surface area contributed by atoms with E-state index in [0.717, 1.165) is 19.3 Å². The smallest absolute Gasteiger partial charge is 0.302 e. The summed E-state index contributed by atoms with van der Waals surface area (Å²) >= 11 is 0. The van der Waals surface area contributed by atoms with Crippen molar-refractivity contribution in [2.24, 2.45) is 5.92 Å². The number of rotatable bonds is 1. The van der Waals surface area contributed by atoms with Gasteiger partial charge in [0, 0.05) is 13.3 Å². The molecule has 4 nitrogen and oxygen atoms in total. The van der Waals surface area contributed by atoms with Crippen LogP contribution < -0.4 is 5.32 Å². The Morgan fingerprint density at radius 2 is 2.29 bits per heavy atom. The first kappa shape index (κ1) is 9.49. The van der Waals surface area contributed by atoms with Crippen molar-refractivity contribution in [3.8, 4) is 0 Å². The predicted octanol–water partition coefficient (Wildman–Crippen LogP) is 0.607. The fraction of sp³-hybridized carbons (Fsp3) is 0.800. The number of amides is 1. The van der Waals surface area contributed by atoms with Gasteiger partial charge in [0.25, 0.3) is 0 Å². The van der Waals surface area contributed by atoms with Crippen LogP contribution in [-0.2, 0) is 14.3 Å². The Morgan fingerprint density at radius 3 is 3.00 bits per heavy atom. The van der Waals surface area contributed by atoms with Gasteiger partial charge in [-0.05, 0) is 25.2 Å². The van der Waals surface area contributed by atoms with E-state index >= 15 is 0 Å². The Kier molecular flexibility index (Phi) is 2.44. The van der Waals surface area contributed by atoms with Gasteiger partial charge in [0.15, 0.2) is 0 Å². The summed E-state index contributed by atoms with van der Waals surface area (Å²) in [6, 6.07) is 0.0696. The first-order valence-corrected chi connectivity index (χ1v) is 5.13. The molecule has 1 aliphatic carbocycles. The standard InChI is InChI=1S/C10H15NO3/c1-6(12)14-8-4-2-3-7-5-9(13)11-10(7)8/h7-8,10H,2-5H2,1H3,(H,11,13)/t7-,8+,10-/m0/s1. The van der Waals surface area contributed by atoms with E-state index in [1.165, 1.54) is 6.92 Å². The lowest BCUT2D eigenvalue weighted by Gasteiger charge is -2.32. The highest BCUT2D eigenvalue weighted by Gasteiger charge is 2.41. The molecular weight excluding hydrogens is 182 g/mol. The Hall–Kier alpha value is -1.06. The molecule has 4 heteroatoms. The van der Waals surface area contributed by atoms with Gasteiger partial charge < -0.3 is 10.1 Å². The zero-order valence-electron chi connectivity index (χ0n) is 8.29. The largest absolute Gasteiger partial charge is 0.460 e. The summed E-state index contributed by atoms with van der Waals surface area (Å²) < 4.78 is 5.20. The van der Waals surface area contributed by atoms with E-state index in [0.29, 0.717) is 12.3 Å². The molecule has 2 aliphatic rings. The molecule has 2 fully saturated rings. The third-order valence-electron chi connectivity index (χ3n) is 3.06. The number of hydrogen-bond donors (Lipinski definition) is 1. The topological polar surface area (TPSA) is 55.4 Å². The van der Waals surface area contributed by atoms with E-state index in [4.69, 9.17) is 4.74 Å². The molecule has 0 aromatic heterocycles. The van der Waals surface area contributed by atoms with Crippen LogP contribution in [0.25, 0.3) is 0 Å². The molecular formula is C10H15NO3. The minimum Gasteiger partial charge on any atom is -0.460 e. The lowest BCUT2D eigenvalue weighted by molar-refractivity contribution is -0.150. The molecule has 14 heavy (non-hydrogen) atoms. The quantitative estimate of drug-likeness (QED) is 0.626. The van der Waals surface area contributed by atoms with Crippen molar-refractivity contribution in [1.29, 1.82) is 0 Å². The molecule has 78 valence electrons. The lowest BCUT2D eigenvalue weighted by atomic mass is 9.83. The minimum atomic E-state index is -0.253. The van der Waals surface area contributed by atoms with Crippen LogP contribution in [-0.4, -0.2) is 24.0 Å². The average molecular weight is 197 g/mol. The number of carbonyl (C=O) groups excluding carboxylic acids is 2. The molecule has 1 aliphatic heterocycles. The van der Waals surface area contributed by atoms with Crippen LogP contribution in [0.1, 0.15) is 32.6 Å². The number of carbonyl (C=O) groups is 2. The Labute approximate surface area is 83.0 Å². The van der Waals surface area contributed by atoms with Crippen molar-refractivity contribution in [2.75, 3.05) is 0 Å². The van der Waals surface area contributed by atoms with Gasteiger partial charge in [-0.15, -0.1) is 0 Å². The van der Waals surface area contributed by atoms with E-state index in [9.17, 15) is 9.59 Å². The normalized spacial score (nSPS) is 36.1. The molecule has 0 bridgehead atoms. The Bertz CT molecular complexity index is 264. The third kappa shape index (κ3) is 1.74. The van der Waals surface area contributed by atoms with Crippen molar-refractivity contribution in [3.63, 3.8) is 0 Å². The summed E-state index contributed by atoms with van der Waals surface area (Å²) in [6.07, 6.45) is 3.50. The highest BCUT2D eigenvalue weighted by molar-refractivity contribution is 5.79. The molecule has 3 atom stereocenters. The van der Waals surface area contributed by atoms with Gasteiger partial charge in [-0.1, -0.05) is 0 Å². The molecule has 0 unspecified atom stereocenters. The van der Waals surface area contributed by atoms with Crippen molar-refractivity contribution < 1.29 is 14.3 Å². The SMILES string of the molecule is CC(=O)O[C@@H]1CCC[C@H]2CC(=O)N[C@@H]21. The molecule has 1 saturated carbocycles. The lowest BCUT2D eigenvalue weighted by Crippen LogP contribution is -2.45. The first-order valence-electron chi connectivity index (χ1n) is 5.13. The highest BCUT2D eigenvalue weighted by Crippen LogP contribution is 2.32. The van der Waals surface area contributed by atoms with Gasteiger partial charge >= 0.3 is 5.97 Å². The molecule has 1 saturated heterocycles. The first-order chi connectivity index (χ1) is 6.66. The van der Waals surface area contributed by atoms with E-state index in [2.05, 4.69) is 5.32 Å².